The van der Waals surface area contributed by atoms with E-state index >= 15 is 0 Å². The van der Waals surface area contributed by atoms with Crippen LogP contribution < -0.4 is 5.73 Å². The Balaban J connectivity index is 2.90. The average Bonchev–Trinajstić information content (AvgIpc) is 2.34. The first-order valence-electron chi connectivity index (χ1n) is 7.71. The SMILES string of the molecule is CC(N)COCCCCCCCCCCCCO. The van der Waals surface area contributed by atoms with Crippen molar-refractivity contribution in [2.75, 3.05) is 19.8 Å². The van der Waals surface area contributed by atoms with Gasteiger partial charge in [-0.15, -0.1) is 0 Å². The molecule has 0 spiro atoms. The molecule has 0 amide bonds. The van der Waals surface area contributed by atoms with Crippen LogP contribution in [0.1, 0.15) is 71.1 Å². The molecule has 1 unspecified atom stereocenters. The highest BCUT2D eigenvalue weighted by molar-refractivity contribution is 4.50. The maximum Gasteiger partial charge on any atom is 0.0614 e. The van der Waals surface area contributed by atoms with E-state index in [1.165, 1.54) is 57.8 Å². The smallest absolute Gasteiger partial charge is 0.0614 e. The van der Waals surface area contributed by atoms with Gasteiger partial charge in [0.05, 0.1) is 6.61 Å². The second-order valence-corrected chi connectivity index (χ2v) is 5.31. The fourth-order valence-electron chi connectivity index (χ4n) is 2.00. The summed E-state index contributed by atoms with van der Waals surface area (Å²) in [4.78, 5) is 0. The fraction of sp³-hybridized carbons (Fsp3) is 1.00. The van der Waals surface area contributed by atoms with Crippen molar-refractivity contribution < 1.29 is 9.84 Å². The molecule has 110 valence electrons. The molecule has 18 heavy (non-hydrogen) atoms. The van der Waals surface area contributed by atoms with Gasteiger partial charge < -0.3 is 15.6 Å². The van der Waals surface area contributed by atoms with Gasteiger partial charge in [-0.25, -0.2) is 0 Å². The van der Waals surface area contributed by atoms with Gasteiger partial charge in [0.2, 0.25) is 0 Å². The summed E-state index contributed by atoms with van der Waals surface area (Å²) in [7, 11) is 0. The Labute approximate surface area is 113 Å². The molecule has 0 heterocycles. The van der Waals surface area contributed by atoms with Crippen molar-refractivity contribution in [3.05, 3.63) is 0 Å². The molecule has 0 saturated carbocycles. The monoisotopic (exact) mass is 259 g/mol. The van der Waals surface area contributed by atoms with Gasteiger partial charge in [-0.1, -0.05) is 51.4 Å². The van der Waals surface area contributed by atoms with Crippen molar-refractivity contribution >= 4 is 0 Å². The molecule has 3 nitrogen and oxygen atoms in total. The third-order valence-corrected chi connectivity index (χ3v) is 3.08. The van der Waals surface area contributed by atoms with E-state index in [0.717, 1.165) is 13.0 Å². The van der Waals surface area contributed by atoms with Crippen LogP contribution in [0.25, 0.3) is 0 Å². The van der Waals surface area contributed by atoms with E-state index in [9.17, 15) is 0 Å². The van der Waals surface area contributed by atoms with E-state index in [1.807, 2.05) is 6.92 Å². The zero-order valence-corrected chi connectivity index (χ0v) is 12.2. The normalized spacial score (nSPS) is 12.8. The number of aliphatic hydroxyl groups is 1. The molecule has 0 aromatic heterocycles. The summed E-state index contributed by atoms with van der Waals surface area (Å²) in [5.41, 5.74) is 5.59. The van der Waals surface area contributed by atoms with Gasteiger partial charge in [0.25, 0.3) is 0 Å². The van der Waals surface area contributed by atoms with Crippen LogP contribution in [-0.4, -0.2) is 31.0 Å². The van der Waals surface area contributed by atoms with E-state index in [4.69, 9.17) is 15.6 Å². The second kappa shape index (κ2) is 14.9. The summed E-state index contributed by atoms with van der Waals surface area (Å²) >= 11 is 0. The molecule has 0 fully saturated rings. The van der Waals surface area contributed by atoms with Crippen molar-refractivity contribution in [2.45, 2.75) is 77.2 Å². The van der Waals surface area contributed by atoms with Crippen molar-refractivity contribution in [1.82, 2.24) is 0 Å². The lowest BCUT2D eigenvalue weighted by Crippen LogP contribution is -2.22. The largest absolute Gasteiger partial charge is 0.396 e. The van der Waals surface area contributed by atoms with Gasteiger partial charge in [0.1, 0.15) is 0 Å². The van der Waals surface area contributed by atoms with Gasteiger partial charge in [-0.3, -0.25) is 0 Å². The Morgan fingerprint density at radius 2 is 1.28 bits per heavy atom. The van der Waals surface area contributed by atoms with E-state index < -0.39 is 0 Å². The third-order valence-electron chi connectivity index (χ3n) is 3.08. The summed E-state index contributed by atoms with van der Waals surface area (Å²) in [5, 5.41) is 8.64. The third kappa shape index (κ3) is 15.9. The first kappa shape index (κ1) is 17.9. The zero-order valence-electron chi connectivity index (χ0n) is 12.2. The number of ether oxygens (including phenoxy) is 1. The van der Waals surface area contributed by atoms with E-state index in [2.05, 4.69) is 0 Å². The molecule has 0 aliphatic carbocycles. The lowest BCUT2D eigenvalue weighted by molar-refractivity contribution is 0.120. The second-order valence-electron chi connectivity index (χ2n) is 5.31. The topological polar surface area (TPSA) is 55.5 Å². The Bertz CT molecular complexity index is 151. The highest BCUT2D eigenvalue weighted by Crippen LogP contribution is 2.10. The van der Waals surface area contributed by atoms with Gasteiger partial charge in [0, 0.05) is 19.3 Å². The highest BCUT2D eigenvalue weighted by Gasteiger charge is 1.95. The van der Waals surface area contributed by atoms with Crippen LogP contribution in [0.15, 0.2) is 0 Å². The van der Waals surface area contributed by atoms with E-state index in [0.29, 0.717) is 13.2 Å². The molecule has 0 radical (unpaired) electrons. The van der Waals surface area contributed by atoms with Gasteiger partial charge in [-0.05, 0) is 19.8 Å². The summed E-state index contributed by atoms with van der Waals surface area (Å²) in [6.07, 6.45) is 12.6. The number of hydrogen-bond donors (Lipinski definition) is 2. The average molecular weight is 259 g/mol. The molecule has 0 aliphatic heterocycles. The van der Waals surface area contributed by atoms with Gasteiger partial charge >= 0.3 is 0 Å². The van der Waals surface area contributed by atoms with Crippen molar-refractivity contribution in [1.29, 1.82) is 0 Å². The lowest BCUT2D eigenvalue weighted by Gasteiger charge is -2.06. The molecule has 0 saturated heterocycles. The summed E-state index contributed by atoms with van der Waals surface area (Å²) in [6.45, 7) is 3.88. The molecule has 0 bridgehead atoms. The van der Waals surface area contributed by atoms with Gasteiger partial charge in [0.15, 0.2) is 0 Å². The van der Waals surface area contributed by atoms with Crippen LogP contribution in [0.2, 0.25) is 0 Å². The predicted molar refractivity (Wildman–Crippen MR) is 77.7 cm³/mol. The summed E-state index contributed by atoms with van der Waals surface area (Å²) in [6, 6.07) is 0.163. The highest BCUT2D eigenvalue weighted by atomic mass is 16.5. The standard InChI is InChI=1S/C15H33NO2/c1-15(16)14-18-13-11-9-7-5-3-2-4-6-8-10-12-17/h15,17H,2-14,16H2,1H3. The van der Waals surface area contributed by atoms with E-state index in [-0.39, 0.29) is 6.04 Å². The number of aliphatic hydroxyl groups excluding tert-OH is 1. The summed E-state index contributed by atoms with van der Waals surface area (Å²) < 4.78 is 5.43. The molecule has 3 heteroatoms. The maximum absolute atomic E-state index is 8.64. The van der Waals surface area contributed by atoms with Crippen LogP contribution in [-0.2, 0) is 4.74 Å². The molecule has 0 aromatic rings. The molecule has 3 N–H and O–H groups in total. The maximum atomic E-state index is 8.64. The first-order chi connectivity index (χ1) is 8.77. The Morgan fingerprint density at radius 1 is 0.833 bits per heavy atom. The molecular weight excluding hydrogens is 226 g/mol. The summed E-state index contributed by atoms with van der Waals surface area (Å²) in [5.74, 6) is 0. The number of rotatable bonds is 14. The lowest BCUT2D eigenvalue weighted by atomic mass is 10.1. The minimum absolute atomic E-state index is 0.163. The Hall–Kier alpha value is -0.120. The number of unbranched alkanes of at least 4 members (excludes halogenated alkanes) is 9. The van der Waals surface area contributed by atoms with Crippen LogP contribution in [0.3, 0.4) is 0 Å². The number of nitrogens with two attached hydrogens (primary N) is 1. The molecule has 0 aliphatic rings. The van der Waals surface area contributed by atoms with Gasteiger partial charge in [-0.2, -0.15) is 0 Å². The quantitative estimate of drug-likeness (QED) is 0.471. The first-order valence-corrected chi connectivity index (χ1v) is 7.71. The predicted octanol–water partition coefficient (Wildman–Crippen LogP) is 3.24. The zero-order chi connectivity index (χ0) is 13.5. The van der Waals surface area contributed by atoms with Crippen molar-refractivity contribution in [2.24, 2.45) is 5.73 Å². The minimum Gasteiger partial charge on any atom is -0.396 e. The Morgan fingerprint density at radius 3 is 1.72 bits per heavy atom. The van der Waals surface area contributed by atoms with Crippen LogP contribution in [0.5, 0.6) is 0 Å². The number of hydrogen-bond acceptors (Lipinski definition) is 3. The molecule has 1 atom stereocenters. The van der Waals surface area contributed by atoms with Crippen molar-refractivity contribution in [3.8, 4) is 0 Å². The Kier molecular flexibility index (Phi) is 14.8. The molecule has 0 aromatic carbocycles. The van der Waals surface area contributed by atoms with E-state index in [1.54, 1.807) is 0 Å². The molecule has 0 rings (SSSR count). The van der Waals surface area contributed by atoms with Crippen LogP contribution in [0.4, 0.5) is 0 Å². The van der Waals surface area contributed by atoms with Crippen molar-refractivity contribution in [3.63, 3.8) is 0 Å². The fourth-order valence-corrected chi connectivity index (χ4v) is 2.00. The minimum atomic E-state index is 0.163. The molecular formula is C15H33NO2. The van der Waals surface area contributed by atoms with Crippen LogP contribution in [0, 0.1) is 0 Å². The van der Waals surface area contributed by atoms with Crippen LogP contribution >= 0.6 is 0 Å².